The van der Waals surface area contributed by atoms with Gasteiger partial charge in [-0.3, -0.25) is 19.9 Å². The number of amides is 2. The Kier molecular flexibility index (Phi) is 4.91. The lowest BCUT2D eigenvalue weighted by Gasteiger charge is -2.26. The summed E-state index contributed by atoms with van der Waals surface area (Å²) in [4.78, 5) is 24.5. The molecule has 1 fully saturated rings. The van der Waals surface area contributed by atoms with Crippen LogP contribution in [0.1, 0.15) is 10.4 Å². The highest BCUT2D eigenvalue weighted by Gasteiger charge is 2.15. The maximum atomic E-state index is 11.3. The highest BCUT2D eigenvalue weighted by atomic mass is 16.5. The smallest absolute Gasteiger partial charge is 0.265 e. The minimum atomic E-state index is -0.337. The Morgan fingerprint density at radius 1 is 1.40 bits per heavy atom. The Bertz CT molecular complexity index is 475. The molecule has 1 aliphatic rings. The second-order valence-corrected chi connectivity index (χ2v) is 4.47. The number of nitrogens with zero attached hydrogens (tertiary/aromatic N) is 1. The van der Waals surface area contributed by atoms with E-state index in [0.29, 0.717) is 37.6 Å². The predicted octanol–water partition coefficient (Wildman–Crippen LogP) is -0.899. The van der Waals surface area contributed by atoms with Crippen LogP contribution in [0.2, 0.25) is 0 Å². The first-order valence-electron chi connectivity index (χ1n) is 6.42. The van der Waals surface area contributed by atoms with Crippen LogP contribution in [0.5, 0.6) is 5.75 Å². The molecule has 4 N–H and O–H groups in total. The van der Waals surface area contributed by atoms with Crippen LogP contribution < -0.4 is 21.3 Å². The van der Waals surface area contributed by atoms with E-state index in [2.05, 4.69) is 10.7 Å². The zero-order valence-corrected chi connectivity index (χ0v) is 11.1. The summed E-state index contributed by atoms with van der Waals surface area (Å²) in [6, 6.07) is 6.72. The molecule has 0 aliphatic carbocycles. The molecular formula is C13H18N4O3. The number of hydrogen-bond donors (Lipinski definition) is 3. The van der Waals surface area contributed by atoms with Crippen LogP contribution in [0.3, 0.4) is 0 Å². The molecule has 0 spiro atoms. The summed E-state index contributed by atoms with van der Waals surface area (Å²) in [5.74, 6) is 5.44. The van der Waals surface area contributed by atoms with Crippen molar-refractivity contribution in [1.82, 2.24) is 15.6 Å². The molecule has 1 heterocycles. The van der Waals surface area contributed by atoms with Crippen molar-refractivity contribution in [2.75, 3.05) is 32.8 Å². The first-order chi connectivity index (χ1) is 9.69. The van der Waals surface area contributed by atoms with E-state index in [9.17, 15) is 9.59 Å². The summed E-state index contributed by atoms with van der Waals surface area (Å²) in [5, 5.41) is 2.77. The van der Waals surface area contributed by atoms with Crippen molar-refractivity contribution in [3.8, 4) is 5.75 Å². The molecule has 1 aliphatic heterocycles. The number of ether oxygens (including phenoxy) is 1. The summed E-state index contributed by atoms with van der Waals surface area (Å²) in [6.45, 7) is 3.12. The van der Waals surface area contributed by atoms with Crippen molar-refractivity contribution >= 4 is 11.8 Å². The molecule has 108 valence electrons. The number of hydrazine groups is 1. The first-order valence-corrected chi connectivity index (χ1v) is 6.42. The van der Waals surface area contributed by atoms with E-state index in [-0.39, 0.29) is 11.8 Å². The number of carbonyl (C=O) groups is 2. The Balaban J connectivity index is 1.76. The van der Waals surface area contributed by atoms with Gasteiger partial charge in [0, 0.05) is 25.2 Å². The fraction of sp³-hybridized carbons (Fsp3) is 0.385. The number of nitrogen functional groups attached to an aromatic ring is 1. The average molecular weight is 278 g/mol. The number of carbonyl (C=O) groups excluding carboxylic acids is 2. The van der Waals surface area contributed by atoms with Crippen LogP contribution in [0.15, 0.2) is 24.3 Å². The molecule has 2 rings (SSSR count). The highest BCUT2D eigenvalue weighted by Crippen LogP contribution is 2.12. The summed E-state index contributed by atoms with van der Waals surface area (Å²) in [7, 11) is 0. The van der Waals surface area contributed by atoms with Gasteiger partial charge >= 0.3 is 0 Å². The van der Waals surface area contributed by atoms with Gasteiger partial charge in [-0.1, -0.05) is 0 Å². The minimum Gasteiger partial charge on any atom is -0.492 e. The number of benzene rings is 1. The summed E-state index contributed by atoms with van der Waals surface area (Å²) < 4.78 is 5.58. The van der Waals surface area contributed by atoms with E-state index in [1.807, 2.05) is 4.90 Å². The van der Waals surface area contributed by atoms with Gasteiger partial charge in [0.2, 0.25) is 5.91 Å². The molecule has 1 saturated heterocycles. The lowest BCUT2D eigenvalue weighted by atomic mass is 10.2. The van der Waals surface area contributed by atoms with Crippen LogP contribution >= 0.6 is 0 Å². The maximum Gasteiger partial charge on any atom is 0.265 e. The molecule has 7 nitrogen and oxygen atoms in total. The lowest BCUT2D eigenvalue weighted by Crippen LogP contribution is -2.48. The quantitative estimate of drug-likeness (QED) is 0.368. The summed E-state index contributed by atoms with van der Waals surface area (Å²) >= 11 is 0. The van der Waals surface area contributed by atoms with Gasteiger partial charge in [0.1, 0.15) is 12.4 Å². The van der Waals surface area contributed by atoms with Crippen LogP contribution in [-0.2, 0) is 4.79 Å². The Hall–Kier alpha value is -2.12. The van der Waals surface area contributed by atoms with Crippen LogP contribution in [0.25, 0.3) is 0 Å². The maximum absolute atomic E-state index is 11.3. The number of nitrogens with one attached hydrogen (secondary N) is 2. The van der Waals surface area contributed by atoms with Gasteiger partial charge in [-0.25, -0.2) is 5.84 Å². The van der Waals surface area contributed by atoms with Crippen LogP contribution in [0, 0.1) is 0 Å². The first kappa shape index (κ1) is 14.3. The highest BCUT2D eigenvalue weighted by molar-refractivity contribution is 5.93. The lowest BCUT2D eigenvalue weighted by molar-refractivity contribution is -0.124. The van der Waals surface area contributed by atoms with E-state index >= 15 is 0 Å². The van der Waals surface area contributed by atoms with Gasteiger partial charge in [0.15, 0.2) is 0 Å². The van der Waals surface area contributed by atoms with Crippen molar-refractivity contribution in [3.05, 3.63) is 29.8 Å². The second-order valence-electron chi connectivity index (χ2n) is 4.47. The Morgan fingerprint density at radius 2 is 2.15 bits per heavy atom. The van der Waals surface area contributed by atoms with E-state index in [4.69, 9.17) is 10.6 Å². The van der Waals surface area contributed by atoms with Crippen molar-refractivity contribution in [3.63, 3.8) is 0 Å². The number of rotatable bonds is 5. The average Bonchev–Trinajstić information content (AvgIpc) is 2.47. The van der Waals surface area contributed by atoms with Crippen LogP contribution in [0.4, 0.5) is 0 Å². The molecule has 0 bridgehead atoms. The summed E-state index contributed by atoms with van der Waals surface area (Å²) in [6.07, 6.45) is 0. The molecule has 1 aromatic carbocycles. The Morgan fingerprint density at radius 3 is 2.80 bits per heavy atom. The SMILES string of the molecule is NNC(=O)c1ccc(OCCN2CCNC(=O)C2)cc1. The normalized spacial score (nSPS) is 15.6. The Labute approximate surface area is 117 Å². The monoisotopic (exact) mass is 278 g/mol. The molecule has 20 heavy (non-hydrogen) atoms. The molecule has 2 amide bonds. The third-order valence-corrected chi connectivity index (χ3v) is 3.04. The third-order valence-electron chi connectivity index (χ3n) is 3.04. The predicted molar refractivity (Wildman–Crippen MR) is 73.0 cm³/mol. The van der Waals surface area contributed by atoms with Gasteiger partial charge in [-0.2, -0.15) is 0 Å². The third kappa shape index (κ3) is 3.94. The molecule has 7 heteroatoms. The standard InChI is InChI=1S/C13H18N4O3/c14-16-13(19)10-1-3-11(4-2-10)20-8-7-17-6-5-15-12(18)9-17/h1-4H,5-9,14H2,(H,15,18)(H,16,19). The van der Waals surface area contributed by atoms with E-state index < -0.39 is 0 Å². The van der Waals surface area contributed by atoms with Gasteiger partial charge in [0.25, 0.3) is 5.91 Å². The number of nitrogens with two attached hydrogens (primary N) is 1. The van der Waals surface area contributed by atoms with Crippen molar-refractivity contribution in [1.29, 1.82) is 0 Å². The molecule has 1 aromatic rings. The van der Waals surface area contributed by atoms with Gasteiger partial charge in [-0.05, 0) is 24.3 Å². The number of hydrogen-bond acceptors (Lipinski definition) is 5. The molecule has 0 radical (unpaired) electrons. The molecule has 0 saturated carbocycles. The zero-order valence-electron chi connectivity index (χ0n) is 11.1. The molecule has 0 atom stereocenters. The van der Waals surface area contributed by atoms with E-state index in [0.717, 1.165) is 6.54 Å². The minimum absolute atomic E-state index is 0.0494. The topological polar surface area (TPSA) is 96.7 Å². The van der Waals surface area contributed by atoms with Gasteiger partial charge < -0.3 is 10.1 Å². The molecule has 0 unspecified atom stereocenters. The second kappa shape index (κ2) is 6.88. The molecular weight excluding hydrogens is 260 g/mol. The van der Waals surface area contributed by atoms with Gasteiger partial charge in [0.05, 0.1) is 6.54 Å². The summed E-state index contributed by atoms with van der Waals surface area (Å²) in [5.41, 5.74) is 2.55. The zero-order chi connectivity index (χ0) is 14.4. The number of piperazine rings is 1. The fourth-order valence-electron chi connectivity index (χ4n) is 1.96. The van der Waals surface area contributed by atoms with Crippen molar-refractivity contribution in [2.24, 2.45) is 5.84 Å². The fourth-order valence-corrected chi connectivity index (χ4v) is 1.96. The van der Waals surface area contributed by atoms with Gasteiger partial charge in [-0.15, -0.1) is 0 Å². The molecule has 0 aromatic heterocycles. The van der Waals surface area contributed by atoms with Crippen molar-refractivity contribution in [2.45, 2.75) is 0 Å². The largest absolute Gasteiger partial charge is 0.492 e. The van der Waals surface area contributed by atoms with E-state index in [1.54, 1.807) is 24.3 Å². The van der Waals surface area contributed by atoms with Crippen molar-refractivity contribution < 1.29 is 14.3 Å². The van der Waals surface area contributed by atoms with Crippen LogP contribution in [-0.4, -0.2) is 49.5 Å². The van der Waals surface area contributed by atoms with E-state index in [1.165, 1.54) is 0 Å².